The Morgan fingerprint density at radius 1 is 1.00 bits per heavy atom. The van der Waals surface area contributed by atoms with Gasteiger partial charge in [0.05, 0.1) is 24.8 Å². The van der Waals surface area contributed by atoms with Crippen molar-refractivity contribution in [1.29, 1.82) is 0 Å². The van der Waals surface area contributed by atoms with Gasteiger partial charge in [0.2, 0.25) is 5.91 Å². The van der Waals surface area contributed by atoms with Gasteiger partial charge >= 0.3 is 0 Å². The van der Waals surface area contributed by atoms with Crippen molar-refractivity contribution in [2.75, 3.05) is 39.4 Å². The maximum Gasteiger partial charge on any atom is 0.226 e. The second-order valence-corrected chi connectivity index (χ2v) is 18.0. The van der Waals surface area contributed by atoms with Crippen molar-refractivity contribution >= 4 is 5.91 Å². The Morgan fingerprint density at radius 2 is 1.75 bits per heavy atom. The van der Waals surface area contributed by atoms with Crippen molar-refractivity contribution in [1.82, 2.24) is 15.4 Å². The molecule has 244 valence electrons. The normalized spacial score (nSPS) is 42.5. The molecule has 0 aromatic carbocycles. The lowest BCUT2D eigenvalue weighted by molar-refractivity contribution is -0.168. The van der Waals surface area contributed by atoms with Crippen LogP contribution in [0.3, 0.4) is 0 Å². The zero-order valence-electron chi connectivity index (χ0n) is 28.8. The summed E-state index contributed by atoms with van der Waals surface area (Å²) < 4.78 is 11.4. The van der Waals surface area contributed by atoms with Crippen molar-refractivity contribution < 1.29 is 14.1 Å². The van der Waals surface area contributed by atoms with Crippen LogP contribution in [0.15, 0.2) is 22.4 Å². The molecule has 1 aliphatic heterocycles. The number of nitrogens with zero attached hydrogens (tertiary/aromatic N) is 2. The highest BCUT2D eigenvalue weighted by Crippen LogP contribution is 2.75. The summed E-state index contributed by atoms with van der Waals surface area (Å²) in [5.74, 6) is 3.03. The van der Waals surface area contributed by atoms with Crippen molar-refractivity contribution in [2.45, 2.75) is 118 Å². The van der Waals surface area contributed by atoms with E-state index in [0.717, 1.165) is 96.5 Å². The van der Waals surface area contributed by atoms with Crippen molar-refractivity contribution in [2.24, 2.45) is 44.8 Å². The van der Waals surface area contributed by atoms with Crippen LogP contribution < -0.4 is 5.32 Å². The number of allylic oxidation sites excluding steroid dienone is 2. The second kappa shape index (κ2) is 10.4. The maximum absolute atomic E-state index is 14.4. The van der Waals surface area contributed by atoms with E-state index < -0.39 is 0 Å². The molecular formula is C38H59N3O3. The molecule has 2 heterocycles. The number of morpholine rings is 1. The van der Waals surface area contributed by atoms with Crippen molar-refractivity contribution in [3.63, 3.8) is 0 Å². The predicted molar refractivity (Wildman–Crippen MR) is 174 cm³/mol. The summed E-state index contributed by atoms with van der Waals surface area (Å²) in [5, 5.41) is 7.79. The molecule has 1 aromatic heterocycles. The van der Waals surface area contributed by atoms with Gasteiger partial charge in [0, 0.05) is 30.6 Å². The number of amides is 1. The molecule has 6 heteroatoms. The Hall–Kier alpha value is -1.66. The van der Waals surface area contributed by atoms with Gasteiger partial charge in [0.1, 0.15) is 5.76 Å². The predicted octanol–water partition coefficient (Wildman–Crippen LogP) is 7.33. The number of hydrogen-bond donors (Lipinski definition) is 1. The van der Waals surface area contributed by atoms with E-state index in [2.05, 4.69) is 69.9 Å². The Bertz CT molecular complexity index is 1310. The third kappa shape index (κ3) is 4.38. The highest BCUT2D eigenvalue weighted by Gasteiger charge is 2.69. The first-order valence-corrected chi connectivity index (χ1v) is 18.0. The second-order valence-electron chi connectivity index (χ2n) is 18.0. The fourth-order valence-corrected chi connectivity index (χ4v) is 12.4. The number of carbonyl (C=O) groups excluding carboxylic acids is 1. The number of aromatic nitrogens is 1. The average Bonchev–Trinajstić information content (AvgIpc) is 3.45. The smallest absolute Gasteiger partial charge is 0.226 e. The maximum atomic E-state index is 14.4. The molecule has 6 aliphatic rings. The van der Waals surface area contributed by atoms with Crippen LogP contribution in [0.25, 0.3) is 0 Å². The van der Waals surface area contributed by atoms with Crippen LogP contribution in [0.2, 0.25) is 0 Å². The highest BCUT2D eigenvalue weighted by atomic mass is 16.5. The molecule has 6 nitrogen and oxygen atoms in total. The SMILES string of the molecule is CC1(C)CC[C@]2(C(=O)NCCCN3CCOCC3)CC[C@]3(C)C(=CC[C@@H]4[C@@]5(C)Cc6cnoc6C(C)(C)C5CC[C@]43C)[C@@H]2C1. The topological polar surface area (TPSA) is 67.6 Å². The summed E-state index contributed by atoms with van der Waals surface area (Å²) in [7, 11) is 0. The van der Waals surface area contributed by atoms with Crippen LogP contribution in [0, 0.1) is 44.8 Å². The summed E-state index contributed by atoms with van der Waals surface area (Å²) in [6, 6.07) is 0. The van der Waals surface area contributed by atoms with Gasteiger partial charge in [-0.25, -0.2) is 0 Å². The first-order valence-electron chi connectivity index (χ1n) is 18.0. The summed E-state index contributed by atoms with van der Waals surface area (Å²) in [4.78, 5) is 16.8. The number of rotatable bonds is 5. The van der Waals surface area contributed by atoms with E-state index in [1.807, 2.05) is 6.20 Å². The molecule has 0 bridgehead atoms. The first kappa shape index (κ1) is 31.0. The summed E-state index contributed by atoms with van der Waals surface area (Å²) in [6.07, 6.45) is 15.9. The largest absolute Gasteiger partial charge is 0.379 e. The van der Waals surface area contributed by atoms with Gasteiger partial charge in [-0.3, -0.25) is 9.69 Å². The zero-order chi connectivity index (χ0) is 31.2. The van der Waals surface area contributed by atoms with Gasteiger partial charge in [-0.15, -0.1) is 0 Å². The van der Waals surface area contributed by atoms with E-state index in [0.29, 0.717) is 23.7 Å². The van der Waals surface area contributed by atoms with Crippen LogP contribution in [-0.4, -0.2) is 55.4 Å². The minimum Gasteiger partial charge on any atom is -0.379 e. The molecule has 0 radical (unpaired) electrons. The Kier molecular flexibility index (Phi) is 7.34. The van der Waals surface area contributed by atoms with Crippen LogP contribution in [0.5, 0.6) is 0 Å². The van der Waals surface area contributed by atoms with Crippen LogP contribution >= 0.6 is 0 Å². The summed E-state index contributed by atoms with van der Waals surface area (Å²) >= 11 is 0. The Labute approximate surface area is 266 Å². The first-order chi connectivity index (χ1) is 20.8. The van der Waals surface area contributed by atoms with E-state index in [9.17, 15) is 4.79 Å². The van der Waals surface area contributed by atoms with E-state index in [1.54, 1.807) is 5.57 Å². The van der Waals surface area contributed by atoms with E-state index in [1.165, 1.54) is 18.4 Å². The number of carbonyl (C=O) groups is 1. The molecule has 5 aliphatic carbocycles. The van der Waals surface area contributed by atoms with Crippen molar-refractivity contribution in [3.8, 4) is 0 Å². The molecule has 1 unspecified atom stereocenters. The molecule has 3 saturated carbocycles. The minimum absolute atomic E-state index is 0.0000370. The fraction of sp³-hybridized carbons (Fsp3) is 0.842. The quantitative estimate of drug-likeness (QED) is 0.281. The van der Waals surface area contributed by atoms with Gasteiger partial charge in [-0.1, -0.05) is 65.3 Å². The lowest BCUT2D eigenvalue weighted by Gasteiger charge is -2.70. The molecule has 0 spiro atoms. The molecule has 7 atom stereocenters. The Morgan fingerprint density at radius 3 is 2.52 bits per heavy atom. The fourth-order valence-electron chi connectivity index (χ4n) is 12.4. The molecule has 4 fully saturated rings. The minimum atomic E-state index is -0.256. The molecule has 7 rings (SSSR count). The monoisotopic (exact) mass is 605 g/mol. The molecular weight excluding hydrogens is 546 g/mol. The molecule has 1 aromatic rings. The molecule has 1 N–H and O–H groups in total. The number of hydrogen-bond acceptors (Lipinski definition) is 5. The van der Waals surface area contributed by atoms with Crippen LogP contribution in [0.4, 0.5) is 0 Å². The number of nitrogens with one attached hydrogen (secondary N) is 1. The number of fused-ring (bicyclic) bond motifs is 8. The van der Waals surface area contributed by atoms with Crippen LogP contribution in [-0.2, 0) is 21.4 Å². The van der Waals surface area contributed by atoms with Crippen molar-refractivity contribution in [3.05, 3.63) is 29.2 Å². The standard InChI is InChI=1S/C38H59N3O3/c1-33(2)13-15-38(32(42)39-17-8-18-41-19-21-43-22-20-41)16-14-36(6)27(28(38)24-33)9-10-30-35(5)23-26-25-40-44-31(26)34(3,4)29(35)11-12-37(30,36)7/h9,25,28-30H,8,10-24H2,1-7H3,(H,39,42)/t28-,29?,30+,35-,36+,37+,38-/m0/s1. The van der Waals surface area contributed by atoms with Gasteiger partial charge in [0.25, 0.3) is 0 Å². The lowest BCUT2D eigenvalue weighted by atomic mass is 9.33. The zero-order valence-corrected chi connectivity index (χ0v) is 28.8. The summed E-state index contributed by atoms with van der Waals surface area (Å²) in [6.45, 7) is 23.1. The molecule has 44 heavy (non-hydrogen) atoms. The lowest BCUT2D eigenvalue weighted by Crippen LogP contribution is -2.65. The van der Waals surface area contributed by atoms with E-state index in [4.69, 9.17) is 9.26 Å². The van der Waals surface area contributed by atoms with Crippen LogP contribution in [0.1, 0.15) is 118 Å². The Balaban J connectivity index is 1.18. The van der Waals surface area contributed by atoms with E-state index in [-0.39, 0.29) is 32.5 Å². The number of ether oxygens (including phenoxy) is 1. The third-order valence-corrected chi connectivity index (χ3v) is 15.1. The van der Waals surface area contributed by atoms with Gasteiger partial charge in [-0.2, -0.15) is 0 Å². The van der Waals surface area contributed by atoms with Gasteiger partial charge in [0.15, 0.2) is 0 Å². The molecule has 1 amide bonds. The third-order valence-electron chi connectivity index (χ3n) is 15.1. The van der Waals surface area contributed by atoms with Gasteiger partial charge in [-0.05, 0) is 110 Å². The summed E-state index contributed by atoms with van der Waals surface area (Å²) in [5.41, 5.74) is 3.55. The average molecular weight is 606 g/mol. The van der Waals surface area contributed by atoms with Gasteiger partial charge < -0.3 is 14.6 Å². The molecule has 1 saturated heterocycles. The highest BCUT2D eigenvalue weighted by molar-refractivity contribution is 5.84. The van der Waals surface area contributed by atoms with E-state index >= 15 is 0 Å².